The molecule has 0 saturated carbocycles. The molecule has 1 N–H and O–H groups in total. The fourth-order valence-electron chi connectivity index (χ4n) is 2.07. The molecular weight excluding hydrogens is 254 g/mol. The molecule has 1 atom stereocenters. The predicted molar refractivity (Wildman–Crippen MR) is 80.5 cm³/mol. The number of hydrogen-bond acceptors (Lipinski definition) is 4. The Bertz CT molecular complexity index is 465. The van der Waals surface area contributed by atoms with E-state index in [1.165, 1.54) is 27.5 Å². The fraction of sp³-hybridized carbons (Fsp3) is 0.467. The largest absolute Gasteiger partial charge is 0.309 e. The van der Waals surface area contributed by atoms with Crippen LogP contribution in [0.5, 0.6) is 0 Å². The lowest BCUT2D eigenvalue weighted by molar-refractivity contribution is 0.536. The van der Waals surface area contributed by atoms with Crippen molar-refractivity contribution in [3.63, 3.8) is 0 Å². The van der Waals surface area contributed by atoms with Crippen LogP contribution < -0.4 is 5.32 Å². The minimum absolute atomic E-state index is 0.326. The van der Waals surface area contributed by atoms with Crippen LogP contribution in [-0.2, 0) is 12.8 Å². The zero-order chi connectivity index (χ0) is 13.5. The van der Waals surface area contributed by atoms with Gasteiger partial charge in [-0.15, -0.1) is 5.10 Å². The van der Waals surface area contributed by atoms with Crippen molar-refractivity contribution in [2.45, 2.75) is 39.2 Å². The van der Waals surface area contributed by atoms with Crippen LogP contribution in [-0.4, -0.2) is 16.1 Å². The van der Waals surface area contributed by atoms with E-state index < -0.39 is 0 Å². The van der Waals surface area contributed by atoms with E-state index in [-0.39, 0.29) is 0 Å². The van der Waals surface area contributed by atoms with Crippen LogP contribution in [0.25, 0.3) is 0 Å². The second kappa shape index (κ2) is 7.36. The third-order valence-electron chi connectivity index (χ3n) is 3.23. The Hall–Kier alpha value is -1.26. The molecule has 2 aromatic rings. The van der Waals surface area contributed by atoms with Crippen LogP contribution in [0.2, 0.25) is 0 Å². The Labute approximate surface area is 119 Å². The van der Waals surface area contributed by atoms with Crippen LogP contribution in [0.3, 0.4) is 0 Å². The van der Waals surface area contributed by atoms with Crippen molar-refractivity contribution >= 4 is 11.5 Å². The van der Waals surface area contributed by atoms with Crippen LogP contribution in [0.15, 0.2) is 30.5 Å². The molecule has 0 aliphatic carbocycles. The van der Waals surface area contributed by atoms with Gasteiger partial charge < -0.3 is 5.32 Å². The number of aromatic nitrogens is 2. The van der Waals surface area contributed by atoms with E-state index in [0.717, 1.165) is 25.8 Å². The maximum Gasteiger partial charge on any atom is 0.0669 e. The monoisotopic (exact) mass is 275 g/mol. The summed E-state index contributed by atoms with van der Waals surface area (Å²) in [6, 6.07) is 9.23. The van der Waals surface area contributed by atoms with E-state index in [0.29, 0.717) is 6.04 Å². The summed E-state index contributed by atoms with van der Waals surface area (Å²) < 4.78 is 3.97. The van der Waals surface area contributed by atoms with Gasteiger partial charge in [0, 0.05) is 6.04 Å². The van der Waals surface area contributed by atoms with Crippen LogP contribution in [0, 0.1) is 0 Å². The highest BCUT2D eigenvalue weighted by Gasteiger charge is 2.13. The second-order valence-electron chi connectivity index (χ2n) is 4.70. The standard InChI is InChI=1S/C15H21N3S/c1-3-9-16-14(15-11-17-18-19-15)10-13-7-5-12(4-2)6-8-13/h5-8,11,14,16H,3-4,9-10H2,1-2H3. The molecule has 102 valence electrons. The molecule has 3 nitrogen and oxygen atoms in total. The lowest BCUT2D eigenvalue weighted by Crippen LogP contribution is -2.23. The van der Waals surface area contributed by atoms with Crippen LogP contribution >= 0.6 is 11.5 Å². The summed E-state index contributed by atoms with van der Waals surface area (Å²) in [5.74, 6) is 0. The van der Waals surface area contributed by atoms with Gasteiger partial charge in [0.25, 0.3) is 0 Å². The molecule has 19 heavy (non-hydrogen) atoms. The normalized spacial score (nSPS) is 12.5. The van der Waals surface area contributed by atoms with E-state index in [2.05, 4.69) is 53.0 Å². The number of hydrogen-bond donors (Lipinski definition) is 1. The number of benzene rings is 1. The Morgan fingerprint density at radius 1 is 1.16 bits per heavy atom. The zero-order valence-corrected chi connectivity index (χ0v) is 12.4. The molecule has 1 aromatic heterocycles. The van der Waals surface area contributed by atoms with Crippen molar-refractivity contribution in [2.75, 3.05) is 6.54 Å². The molecule has 4 heteroatoms. The first-order chi connectivity index (χ1) is 9.33. The maximum absolute atomic E-state index is 3.97. The highest BCUT2D eigenvalue weighted by Crippen LogP contribution is 2.20. The molecule has 0 amide bonds. The summed E-state index contributed by atoms with van der Waals surface area (Å²) in [4.78, 5) is 1.22. The van der Waals surface area contributed by atoms with Gasteiger partial charge in [-0.25, -0.2) is 0 Å². The van der Waals surface area contributed by atoms with Gasteiger partial charge in [0.2, 0.25) is 0 Å². The summed E-state index contributed by atoms with van der Waals surface area (Å²) in [6.07, 6.45) is 5.10. The van der Waals surface area contributed by atoms with Gasteiger partial charge in [-0.05, 0) is 48.5 Å². The summed E-state index contributed by atoms with van der Waals surface area (Å²) >= 11 is 1.48. The maximum atomic E-state index is 3.97. The predicted octanol–water partition coefficient (Wildman–Crippen LogP) is 3.38. The Balaban J connectivity index is 2.06. The van der Waals surface area contributed by atoms with Gasteiger partial charge >= 0.3 is 0 Å². The first-order valence-electron chi connectivity index (χ1n) is 6.92. The Morgan fingerprint density at radius 2 is 1.89 bits per heavy atom. The topological polar surface area (TPSA) is 37.8 Å². The Kier molecular flexibility index (Phi) is 5.48. The number of aryl methyl sites for hydroxylation is 1. The summed E-state index contributed by atoms with van der Waals surface area (Å²) in [5.41, 5.74) is 2.75. The van der Waals surface area contributed by atoms with E-state index in [1.807, 2.05) is 6.20 Å². The highest BCUT2D eigenvalue weighted by molar-refractivity contribution is 7.05. The lowest BCUT2D eigenvalue weighted by atomic mass is 10.0. The lowest BCUT2D eigenvalue weighted by Gasteiger charge is -2.16. The Morgan fingerprint density at radius 3 is 2.47 bits per heavy atom. The molecule has 1 unspecified atom stereocenters. The number of nitrogens with zero attached hydrogens (tertiary/aromatic N) is 2. The molecule has 2 rings (SSSR count). The zero-order valence-electron chi connectivity index (χ0n) is 11.6. The molecule has 0 radical (unpaired) electrons. The van der Waals surface area contributed by atoms with Crippen LogP contribution in [0.4, 0.5) is 0 Å². The summed E-state index contributed by atoms with van der Waals surface area (Å²) in [7, 11) is 0. The third-order valence-corrected chi connectivity index (χ3v) is 4.01. The average Bonchev–Trinajstić information content (AvgIpc) is 2.98. The van der Waals surface area contributed by atoms with Crippen molar-refractivity contribution in [1.82, 2.24) is 14.9 Å². The van der Waals surface area contributed by atoms with Gasteiger partial charge in [-0.2, -0.15) is 0 Å². The van der Waals surface area contributed by atoms with E-state index >= 15 is 0 Å². The van der Waals surface area contributed by atoms with Crippen molar-refractivity contribution in [2.24, 2.45) is 0 Å². The SMILES string of the molecule is CCCNC(Cc1ccc(CC)cc1)c1cnns1. The number of rotatable bonds is 7. The number of nitrogens with one attached hydrogen (secondary N) is 1. The quantitative estimate of drug-likeness (QED) is 0.841. The van der Waals surface area contributed by atoms with Gasteiger partial charge in [-0.3, -0.25) is 0 Å². The van der Waals surface area contributed by atoms with E-state index in [9.17, 15) is 0 Å². The fourth-order valence-corrected chi connectivity index (χ4v) is 2.64. The van der Waals surface area contributed by atoms with Crippen molar-refractivity contribution in [3.8, 4) is 0 Å². The molecule has 0 aliphatic heterocycles. The minimum atomic E-state index is 0.326. The third kappa shape index (κ3) is 4.11. The smallest absolute Gasteiger partial charge is 0.0669 e. The molecule has 0 spiro atoms. The van der Waals surface area contributed by atoms with E-state index in [4.69, 9.17) is 0 Å². The van der Waals surface area contributed by atoms with Crippen molar-refractivity contribution < 1.29 is 0 Å². The molecule has 0 fully saturated rings. The summed E-state index contributed by atoms with van der Waals surface area (Å²) in [6.45, 7) is 5.39. The minimum Gasteiger partial charge on any atom is -0.309 e. The highest BCUT2D eigenvalue weighted by atomic mass is 32.1. The first kappa shape index (κ1) is 14.2. The molecule has 0 saturated heterocycles. The second-order valence-corrected chi connectivity index (χ2v) is 5.52. The van der Waals surface area contributed by atoms with Crippen LogP contribution in [0.1, 0.15) is 42.3 Å². The van der Waals surface area contributed by atoms with Crippen molar-refractivity contribution in [1.29, 1.82) is 0 Å². The van der Waals surface area contributed by atoms with Gasteiger partial charge in [0.05, 0.1) is 11.1 Å². The molecule has 0 bridgehead atoms. The first-order valence-corrected chi connectivity index (χ1v) is 7.69. The molecular formula is C15H21N3S. The van der Waals surface area contributed by atoms with Crippen molar-refractivity contribution in [3.05, 3.63) is 46.5 Å². The molecule has 1 aromatic carbocycles. The van der Waals surface area contributed by atoms with E-state index in [1.54, 1.807) is 0 Å². The van der Waals surface area contributed by atoms with Gasteiger partial charge in [0.1, 0.15) is 0 Å². The summed E-state index contributed by atoms with van der Waals surface area (Å²) in [5, 5.41) is 7.53. The molecule has 0 aliphatic rings. The molecule has 1 heterocycles. The van der Waals surface area contributed by atoms with Gasteiger partial charge in [0.15, 0.2) is 0 Å². The average molecular weight is 275 g/mol. The van der Waals surface area contributed by atoms with Gasteiger partial charge in [-0.1, -0.05) is 42.6 Å².